The molecule has 0 unspecified atom stereocenters. The lowest BCUT2D eigenvalue weighted by Gasteiger charge is -2.25. The highest BCUT2D eigenvalue weighted by Crippen LogP contribution is 2.39. The molecule has 0 aliphatic carbocycles. The summed E-state index contributed by atoms with van der Waals surface area (Å²) in [6, 6.07) is 6.76. The molecule has 0 heterocycles. The van der Waals surface area contributed by atoms with Crippen LogP contribution in [0.4, 0.5) is 35.1 Å². The summed E-state index contributed by atoms with van der Waals surface area (Å²) in [7, 11) is 1.33. The predicted octanol–water partition coefficient (Wildman–Crippen LogP) is 6.50. The van der Waals surface area contributed by atoms with E-state index in [0.29, 0.717) is 17.9 Å². The molecule has 0 fully saturated rings. The van der Waals surface area contributed by atoms with Gasteiger partial charge < -0.3 is 14.8 Å². The number of rotatable bonds is 14. The molecule has 242 valence electrons. The average molecular weight is 640 g/mol. The maximum Gasteiger partial charge on any atom is 0.573 e. The number of hydrogen-bond donors (Lipinski definition) is 1. The number of amides is 1. The van der Waals surface area contributed by atoms with Gasteiger partial charge in [0.25, 0.3) is 0 Å². The summed E-state index contributed by atoms with van der Waals surface area (Å²) >= 11 is 0. The van der Waals surface area contributed by atoms with Gasteiger partial charge in [-0.15, -0.1) is 13.2 Å². The molecule has 0 aromatic heterocycles. The molecule has 0 radical (unpaired) electrons. The minimum atomic E-state index is -5.34. The van der Waals surface area contributed by atoms with E-state index in [0.717, 1.165) is 19.1 Å². The number of halogens is 8. The third kappa shape index (κ3) is 9.48. The Hall–Kier alpha value is -4.04. The summed E-state index contributed by atoms with van der Waals surface area (Å²) in [6.07, 6.45) is -12.7. The second-order valence-corrected chi connectivity index (χ2v) is 10.2. The van der Waals surface area contributed by atoms with Gasteiger partial charge in [0.05, 0.1) is 12.7 Å². The summed E-state index contributed by atoms with van der Waals surface area (Å²) in [5.41, 5.74) is -1.34. The van der Waals surface area contributed by atoms with Gasteiger partial charge in [-0.3, -0.25) is 19.2 Å². The van der Waals surface area contributed by atoms with Crippen molar-refractivity contribution in [3.8, 4) is 11.5 Å². The Balaban J connectivity index is 2.33. The number of carbonyl (C=O) groups excluding carboxylic acids is 4. The van der Waals surface area contributed by atoms with E-state index in [2.05, 4.69) is 10.1 Å². The quantitative estimate of drug-likeness (QED) is 0.237. The summed E-state index contributed by atoms with van der Waals surface area (Å²) in [5, 5.41) is 2.24. The summed E-state index contributed by atoms with van der Waals surface area (Å²) < 4.78 is 116. The van der Waals surface area contributed by atoms with Crippen molar-refractivity contribution in [2.24, 2.45) is 17.8 Å². The number of Topliss-reactive ketones (excluding diaryl/α,β-unsaturated/α-hetero) is 3. The lowest BCUT2D eigenvalue weighted by Crippen LogP contribution is -2.41. The average Bonchev–Trinajstić information content (AvgIpc) is 2.92. The van der Waals surface area contributed by atoms with Crippen LogP contribution < -0.4 is 14.8 Å². The Kier molecular flexibility index (Phi) is 11.6. The minimum absolute atomic E-state index is 0.0493. The number of hydrogen-bond acceptors (Lipinski definition) is 6. The molecule has 0 spiro atoms. The van der Waals surface area contributed by atoms with E-state index in [4.69, 9.17) is 4.74 Å². The van der Waals surface area contributed by atoms with Crippen molar-refractivity contribution in [3.05, 3.63) is 59.7 Å². The highest BCUT2D eigenvalue weighted by Gasteiger charge is 2.47. The van der Waals surface area contributed by atoms with Gasteiger partial charge in [-0.1, -0.05) is 45.0 Å². The van der Waals surface area contributed by atoms with Crippen LogP contribution in [0.5, 0.6) is 11.5 Å². The molecular weight excluding hydrogens is 610 g/mol. The Labute approximate surface area is 246 Å². The summed E-state index contributed by atoms with van der Waals surface area (Å²) in [6.45, 7) is 3.63. The van der Waals surface area contributed by atoms with E-state index in [1.807, 2.05) is 0 Å². The molecule has 15 heteroatoms. The molecule has 2 rings (SSSR count). The third-order valence-electron chi connectivity index (χ3n) is 6.64. The Morgan fingerprint density at radius 2 is 1.39 bits per heavy atom. The largest absolute Gasteiger partial charge is 0.573 e. The number of ether oxygens (including phenoxy) is 2. The number of para-hydroxylation sites is 1. The zero-order valence-corrected chi connectivity index (χ0v) is 23.8. The molecule has 44 heavy (non-hydrogen) atoms. The monoisotopic (exact) mass is 639 g/mol. The molecule has 0 bridgehead atoms. The second kappa shape index (κ2) is 14.2. The lowest BCUT2D eigenvalue weighted by atomic mass is 9.84. The van der Waals surface area contributed by atoms with Gasteiger partial charge in [-0.05, 0) is 35.7 Å². The molecular formula is C29H29F8NO6. The maximum atomic E-state index is 15.0. The topological polar surface area (TPSA) is 98.8 Å². The molecule has 2 aromatic carbocycles. The van der Waals surface area contributed by atoms with Gasteiger partial charge in [0.1, 0.15) is 17.5 Å². The van der Waals surface area contributed by atoms with Gasteiger partial charge in [-0.2, -0.15) is 22.0 Å². The van der Waals surface area contributed by atoms with E-state index >= 15 is 8.78 Å². The number of carbonyl (C=O) groups is 4. The zero-order valence-electron chi connectivity index (χ0n) is 23.8. The van der Waals surface area contributed by atoms with E-state index in [-0.39, 0.29) is 5.56 Å². The molecule has 3 atom stereocenters. The minimum Gasteiger partial charge on any atom is -0.497 e. The number of alkyl halides is 8. The van der Waals surface area contributed by atoms with Crippen LogP contribution in [0.3, 0.4) is 0 Å². The van der Waals surface area contributed by atoms with Gasteiger partial charge in [0, 0.05) is 24.7 Å². The highest BCUT2D eigenvalue weighted by molar-refractivity contribution is 5.96. The van der Waals surface area contributed by atoms with Crippen LogP contribution in [0.1, 0.15) is 50.8 Å². The molecule has 0 aliphatic rings. The first-order valence-electron chi connectivity index (χ1n) is 13.0. The first-order chi connectivity index (χ1) is 20.2. The maximum absolute atomic E-state index is 15.0. The fourth-order valence-electron chi connectivity index (χ4n) is 4.20. The van der Waals surface area contributed by atoms with Crippen molar-refractivity contribution >= 4 is 23.3 Å². The van der Waals surface area contributed by atoms with Crippen LogP contribution in [0.2, 0.25) is 0 Å². The van der Waals surface area contributed by atoms with Crippen molar-refractivity contribution in [1.29, 1.82) is 0 Å². The molecule has 0 saturated carbocycles. The van der Waals surface area contributed by atoms with Gasteiger partial charge in [-0.25, -0.2) is 0 Å². The Morgan fingerprint density at radius 1 is 0.818 bits per heavy atom. The standard InChI is InChI=1S/C29H29F8NO6/c1-15(2)19(25(41)28(32,33)34)14-21(39)24(17-9-11-18(43-4)12-10-17)38-26(42)16(3)13-23(40)27(30,31)20-7-5-6-8-22(20)44-29(35,36)37/h5-12,15-16,19,24H,13-14H2,1-4H3,(H,38,42)/t16-,19+,24+/m1/s1. The second-order valence-electron chi connectivity index (χ2n) is 10.2. The molecule has 7 nitrogen and oxygen atoms in total. The summed E-state index contributed by atoms with van der Waals surface area (Å²) in [4.78, 5) is 50.8. The Morgan fingerprint density at radius 3 is 1.89 bits per heavy atom. The van der Waals surface area contributed by atoms with Crippen LogP contribution in [-0.2, 0) is 25.1 Å². The smallest absolute Gasteiger partial charge is 0.497 e. The fraction of sp³-hybridized carbons (Fsp3) is 0.448. The van der Waals surface area contributed by atoms with E-state index in [1.54, 1.807) is 0 Å². The van der Waals surface area contributed by atoms with Crippen molar-refractivity contribution in [2.75, 3.05) is 7.11 Å². The van der Waals surface area contributed by atoms with Crippen LogP contribution in [0.15, 0.2) is 48.5 Å². The zero-order chi connectivity index (χ0) is 33.6. The van der Waals surface area contributed by atoms with E-state index in [9.17, 15) is 45.5 Å². The van der Waals surface area contributed by atoms with Crippen LogP contribution in [0, 0.1) is 17.8 Å². The number of ketones is 3. The van der Waals surface area contributed by atoms with E-state index < -0.39 is 89.7 Å². The SMILES string of the molecule is COc1ccc([C@H](NC(=O)[C@H](C)CC(=O)C(F)(F)c2ccccc2OC(F)(F)F)C(=O)C[C@H](C(=O)C(F)(F)F)C(C)C)cc1. The molecule has 2 aromatic rings. The third-order valence-corrected chi connectivity index (χ3v) is 6.64. The number of benzene rings is 2. The normalized spacial score (nSPS) is 14.4. The summed E-state index contributed by atoms with van der Waals surface area (Å²) in [5.74, 6) is -16.1. The predicted molar refractivity (Wildman–Crippen MR) is 139 cm³/mol. The first kappa shape index (κ1) is 36.2. The van der Waals surface area contributed by atoms with Crippen LogP contribution in [0.25, 0.3) is 0 Å². The molecule has 1 N–H and O–H groups in total. The van der Waals surface area contributed by atoms with Crippen molar-refractivity contribution in [1.82, 2.24) is 5.32 Å². The first-order valence-corrected chi connectivity index (χ1v) is 13.0. The fourth-order valence-corrected chi connectivity index (χ4v) is 4.20. The van der Waals surface area contributed by atoms with Gasteiger partial charge in [0.15, 0.2) is 5.78 Å². The number of methoxy groups -OCH3 is 1. The molecule has 0 aliphatic heterocycles. The Bertz CT molecular complexity index is 1340. The van der Waals surface area contributed by atoms with Crippen molar-refractivity contribution in [2.45, 2.75) is 58.1 Å². The molecule has 0 saturated heterocycles. The van der Waals surface area contributed by atoms with Crippen LogP contribution >= 0.6 is 0 Å². The van der Waals surface area contributed by atoms with Gasteiger partial charge in [0.2, 0.25) is 17.5 Å². The lowest BCUT2D eigenvalue weighted by molar-refractivity contribution is -0.275. The van der Waals surface area contributed by atoms with Crippen molar-refractivity contribution < 1.29 is 63.8 Å². The van der Waals surface area contributed by atoms with Crippen molar-refractivity contribution in [3.63, 3.8) is 0 Å². The highest BCUT2D eigenvalue weighted by atomic mass is 19.4. The van der Waals surface area contributed by atoms with E-state index in [1.165, 1.54) is 45.2 Å². The molecule has 1 amide bonds. The van der Waals surface area contributed by atoms with Crippen LogP contribution in [-0.4, -0.2) is 42.9 Å². The number of nitrogens with one attached hydrogen (secondary N) is 1. The van der Waals surface area contributed by atoms with Gasteiger partial charge >= 0.3 is 18.5 Å².